The zero-order chi connectivity index (χ0) is 76.5. The van der Waals surface area contributed by atoms with Crippen LogP contribution in [0.1, 0.15) is 447 Å². The fraction of sp³-hybridized carbons (Fsp3) is 0.953. The number of phosphoric ester groups is 2. The Labute approximate surface area is 638 Å². The summed E-state index contributed by atoms with van der Waals surface area (Å²) in [6.45, 7) is 12.0. The third-order valence-electron chi connectivity index (χ3n) is 20.2. The molecule has 0 aromatic heterocycles. The molecule has 0 spiro atoms. The van der Waals surface area contributed by atoms with E-state index in [1.165, 1.54) is 257 Å². The lowest BCUT2D eigenvalue weighted by Gasteiger charge is -2.21. The number of rotatable bonds is 83. The van der Waals surface area contributed by atoms with Crippen LogP contribution in [0, 0.1) is 17.8 Å². The van der Waals surface area contributed by atoms with Crippen LogP contribution in [0.4, 0.5) is 0 Å². The van der Waals surface area contributed by atoms with Gasteiger partial charge in [0.2, 0.25) is 0 Å². The number of ether oxygens (including phenoxy) is 4. The topological polar surface area (TPSA) is 237 Å². The van der Waals surface area contributed by atoms with E-state index in [9.17, 15) is 43.2 Å². The Morgan fingerprint density at radius 3 is 0.731 bits per heavy atom. The van der Waals surface area contributed by atoms with E-state index in [-0.39, 0.29) is 25.7 Å². The van der Waals surface area contributed by atoms with Gasteiger partial charge >= 0.3 is 39.5 Å². The van der Waals surface area contributed by atoms with Gasteiger partial charge in [-0.1, -0.05) is 395 Å². The minimum absolute atomic E-state index is 0.108. The van der Waals surface area contributed by atoms with Gasteiger partial charge in [-0.05, 0) is 43.4 Å². The second-order valence-electron chi connectivity index (χ2n) is 31.8. The second kappa shape index (κ2) is 75.1. The zero-order valence-corrected chi connectivity index (χ0v) is 70.3. The van der Waals surface area contributed by atoms with E-state index >= 15 is 0 Å². The minimum Gasteiger partial charge on any atom is -0.462 e. The maximum atomic E-state index is 13.1. The van der Waals surface area contributed by atoms with E-state index in [4.69, 9.17) is 37.0 Å². The molecule has 0 rings (SSSR count). The van der Waals surface area contributed by atoms with Crippen LogP contribution in [-0.2, 0) is 65.4 Å². The molecule has 0 aliphatic rings. The van der Waals surface area contributed by atoms with Gasteiger partial charge in [0.1, 0.15) is 19.3 Å². The molecule has 17 nitrogen and oxygen atoms in total. The molecule has 3 N–H and O–H groups in total. The van der Waals surface area contributed by atoms with Crippen LogP contribution in [-0.4, -0.2) is 96.7 Å². The van der Waals surface area contributed by atoms with E-state index in [0.717, 1.165) is 108 Å². The van der Waals surface area contributed by atoms with Crippen molar-refractivity contribution in [3.8, 4) is 0 Å². The molecule has 0 amide bonds. The normalized spacial score (nSPS) is 14.2. The highest BCUT2D eigenvalue weighted by Gasteiger charge is 2.30. The molecule has 6 atom stereocenters. The molecule has 0 radical (unpaired) electrons. The predicted molar refractivity (Wildman–Crippen MR) is 428 cm³/mol. The average molecular weight is 1520 g/mol. The molecule has 0 saturated carbocycles. The predicted octanol–water partition coefficient (Wildman–Crippen LogP) is 25.7. The summed E-state index contributed by atoms with van der Waals surface area (Å²) in [5, 5.41) is 10.7. The third-order valence-corrected chi connectivity index (χ3v) is 22.1. The maximum absolute atomic E-state index is 13.1. The molecule has 0 aliphatic carbocycles. The number of hydrogen-bond acceptors (Lipinski definition) is 15. The van der Waals surface area contributed by atoms with Gasteiger partial charge in [-0.2, -0.15) is 0 Å². The highest BCUT2D eigenvalue weighted by Crippen LogP contribution is 2.45. The molecule has 0 bridgehead atoms. The van der Waals surface area contributed by atoms with E-state index in [0.29, 0.717) is 25.7 Å². The summed E-state index contributed by atoms with van der Waals surface area (Å²) >= 11 is 0. The van der Waals surface area contributed by atoms with Gasteiger partial charge in [-0.3, -0.25) is 37.3 Å². The number of aliphatic hydroxyl groups is 1. The number of carbonyl (C=O) groups excluding carboxylic acids is 4. The van der Waals surface area contributed by atoms with Gasteiger partial charge < -0.3 is 33.8 Å². The molecular formula is C85H166O17P2. The second-order valence-corrected chi connectivity index (χ2v) is 34.7. The number of carbonyl (C=O) groups is 4. The Morgan fingerprint density at radius 1 is 0.279 bits per heavy atom. The van der Waals surface area contributed by atoms with Crippen LogP contribution in [0.25, 0.3) is 0 Å². The molecule has 104 heavy (non-hydrogen) atoms. The molecule has 0 aliphatic heterocycles. The van der Waals surface area contributed by atoms with Gasteiger partial charge in [0, 0.05) is 25.7 Å². The Hall–Kier alpha value is -1.94. The molecule has 618 valence electrons. The van der Waals surface area contributed by atoms with Crippen LogP contribution in [0.3, 0.4) is 0 Å². The van der Waals surface area contributed by atoms with Crippen molar-refractivity contribution < 1.29 is 80.2 Å². The number of hydrogen-bond donors (Lipinski definition) is 3. The van der Waals surface area contributed by atoms with Crippen LogP contribution < -0.4 is 0 Å². The molecule has 0 heterocycles. The Morgan fingerprint density at radius 2 is 0.490 bits per heavy atom. The van der Waals surface area contributed by atoms with Crippen molar-refractivity contribution in [2.24, 2.45) is 17.8 Å². The van der Waals surface area contributed by atoms with Gasteiger partial charge in [-0.15, -0.1) is 0 Å². The minimum atomic E-state index is -4.97. The van der Waals surface area contributed by atoms with Gasteiger partial charge in [0.15, 0.2) is 12.2 Å². The summed E-state index contributed by atoms with van der Waals surface area (Å²) in [6, 6.07) is 0. The highest BCUT2D eigenvalue weighted by molar-refractivity contribution is 7.47. The Kier molecular flexibility index (Phi) is 73.7. The monoisotopic (exact) mass is 1520 g/mol. The lowest BCUT2D eigenvalue weighted by atomic mass is 9.99. The SMILES string of the molecule is CCCCCCCCCCCCCCCCCCC(=O)O[C@H](COC(=O)CCCCCCCCCCC(C)C)COP(=O)(O)OC[C@H](O)COP(=O)(O)OC[C@@H](COC(=O)CCCCCCCCCCCCCCCCC(C)CC)OC(=O)CCCCCCCCCCCCCCCCCCC(C)C. The van der Waals surface area contributed by atoms with Crippen molar-refractivity contribution in [2.45, 2.75) is 465 Å². The number of esters is 4. The molecule has 19 heteroatoms. The van der Waals surface area contributed by atoms with Crippen molar-refractivity contribution in [3.63, 3.8) is 0 Å². The maximum Gasteiger partial charge on any atom is 0.472 e. The fourth-order valence-corrected chi connectivity index (χ4v) is 14.7. The van der Waals surface area contributed by atoms with Crippen molar-refractivity contribution in [3.05, 3.63) is 0 Å². The summed E-state index contributed by atoms with van der Waals surface area (Å²) in [4.78, 5) is 73.2. The van der Waals surface area contributed by atoms with E-state index < -0.39 is 97.5 Å². The lowest BCUT2D eigenvalue weighted by molar-refractivity contribution is -0.161. The largest absolute Gasteiger partial charge is 0.472 e. The molecular weight excluding hydrogens is 1350 g/mol. The van der Waals surface area contributed by atoms with Crippen LogP contribution in [0.5, 0.6) is 0 Å². The fourth-order valence-electron chi connectivity index (χ4n) is 13.2. The molecule has 0 fully saturated rings. The number of aliphatic hydroxyl groups excluding tert-OH is 1. The lowest BCUT2D eigenvalue weighted by Crippen LogP contribution is -2.30. The smallest absolute Gasteiger partial charge is 0.462 e. The third kappa shape index (κ3) is 76.8. The van der Waals surface area contributed by atoms with Gasteiger partial charge in [0.05, 0.1) is 26.4 Å². The summed E-state index contributed by atoms with van der Waals surface area (Å²) in [5.74, 6) is 0.281. The molecule has 3 unspecified atom stereocenters. The number of phosphoric acid groups is 2. The van der Waals surface area contributed by atoms with Crippen LogP contribution >= 0.6 is 15.6 Å². The van der Waals surface area contributed by atoms with E-state index in [1.54, 1.807) is 0 Å². The standard InChI is InChI=1S/C85H166O17P2/c1-8-10-11-12-13-14-15-16-17-21-28-33-38-47-54-61-68-85(90)102-81(73-96-83(88)67-60-53-46-41-40-43-50-57-64-77(5)6)75-100-104(93,94)98-71-79(86)70-97-103(91,92)99-74-80(72-95-82(87)66-59-52-45-37-32-27-24-23-26-31-36-44-51-58-65-78(7)9-2)101-84(89)69-62-55-48-39-34-29-22-19-18-20-25-30-35-42-49-56-63-76(3)4/h76-81,86H,8-75H2,1-7H3,(H,91,92)(H,93,94)/t78?,79-,80-,81-/m1/s1. The summed E-state index contributed by atoms with van der Waals surface area (Å²) in [5.41, 5.74) is 0. The van der Waals surface area contributed by atoms with Crippen molar-refractivity contribution in [2.75, 3.05) is 39.6 Å². The Balaban J connectivity index is 5.25. The average Bonchev–Trinajstić information content (AvgIpc) is 0.908. The van der Waals surface area contributed by atoms with Crippen molar-refractivity contribution in [1.82, 2.24) is 0 Å². The van der Waals surface area contributed by atoms with Gasteiger partial charge in [0.25, 0.3) is 0 Å². The quantitative estimate of drug-likeness (QED) is 0.0222. The first-order valence-corrected chi connectivity index (χ1v) is 46.9. The van der Waals surface area contributed by atoms with Crippen molar-refractivity contribution >= 4 is 39.5 Å². The summed E-state index contributed by atoms with van der Waals surface area (Å²) in [7, 11) is -9.93. The van der Waals surface area contributed by atoms with E-state index in [1.807, 2.05) is 0 Å². The van der Waals surface area contributed by atoms with Crippen LogP contribution in [0.15, 0.2) is 0 Å². The zero-order valence-electron chi connectivity index (χ0n) is 68.5. The molecule has 0 aromatic rings. The van der Waals surface area contributed by atoms with Crippen LogP contribution in [0.2, 0.25) is 0 Å². The summed E-state index contributed by atoms with van der Waals surface area (Å²) < 4.78 is 68.9. The first-order chi connectivity index (χ1) is 50.3. The number of unbranched alkanes of at least 4 members (excludes halogenated alkanes) is 50. The first kappa shape index (κ1) is 102. The molecule has 0 aromatic carbocycles. The summed E-state index contributed by atoms with van der Waals surface area (Å²) in [6.07, 6.45) is 65.1. The molecule has 0 saturated heterocycles. The van der Waals surface area contributed by atoms with Crippen molar-refractivity contribution in [1.29, 1.82) is 0 Å². The highest BCUT2D eigenvalue weighted by atomic mass is 31.2. The van der Waals surface area contributed by atoms with E-state index in [2.05, 4.69) is 48.5 Å². The first-order valence-electron chi connectivity index (χ1n) is 43.9. The Bertz CT molecular complexity index is 2010. The van der Waals surface area contributed by atoms with Gasteiger partial charge in [-0.25, -0.2) is 9.13 Å².